The molecule has 0 atom stereocenters. The number of hydrogen-bond acceptors (Lipinski definition) is 3. The van der Waals surface area contributed by atoms with Gasteiger partial charge in [-0.25, -0.2) is 0 Å². The van der Waals surface area contributed by atoms with Crippen LogP contribution in [0.1, 0.15) is 39.5 Å². The van der Waals surface area contributed by atoms with Crippen LogP contribution < -0.4 is 0 Å². The van der Waals surface area contributed by atoms with E-state index in [0.29, 0.717) is 6.04 Å². The van der Waals surface area contributed by atoms with E-state index in [1.54, 1.807) is 7.11 Å². The van der Waals surface area contributed by atoms with Gasteiger partial charge in [0.25, 0.3) is 0 Å². The summed E-state index contributed by atoms with van der Waals surface area (Å²) in [4.78, 5) is 2.44. The zero-order chi connectivity index (χ0) is 11.3. The Morgan fingerprint density at radius 3 is 2.40 bits per heavy atom. The molecule has 0 aromatic heterocycles. The van der Waals surface area contributed by atoms with Gasteiger partial charge in [0.15, 0.2) is 0 Å². The number of rotatable bonds is 5. The van der Waals surface area contributed by atoms with E-state index in [-0.39, 0.29) is 0 Å². The molecule has 1 fully saturated rings. The zero-order valence-corrected chi connectivity index (χ0v) is 10.3. The van der Waals surface area contributed by atoms with Crippen molar-refractivity contribution in [3.8, 4) is 0 Å². The normalized spacial score (nSPS) is 22.2. The first-order valence-corrected chi connectivity index (χ1v) is 6.03. The summed E-state index contributed by atoms with van der Waals surface area (Å²) in [6.07, 6.45) is 3.67. The first kappa shape index (κ1) is 12.9. The van der Waals surface area contributed by atoms with E-state index in [4.69, 9.17) is 4.74 Å². The summed E-state index contributed by atoms with van der Waals surface area (Å²) in [5, 5.41) is 10.3. The van der Waals surface area contributed by atoms with E-state index < -0.39 is 5.60 Å². The van der Waals surface area contributed by atoms with Crippen LogP contribution in [-0.2, 0) is 4.74 Å². The molecule has 1 rings (SSSR count). The van der Waals surface area contributed by atoms with Gasteiger partial charge in [0.05, 0.1) is 5.60 Å². The topological polar surface area (TPSA) is 32.7 Å². The molecule has 1 saturated heterocycles. The smallest absolute Gasteiger partial charge is 0.0673 e. The van der Waals surface area contributed by atoms with Crippen molar-refractivity contribution in [2.24, 2.45) is 0 Å². The van der Waals surface area contributed by atoms with Crippen molar-refractivity contribution in [2.45, 2.75) is 51.2 Å². The fraction of sp³-hybridized carbons (Fsp3) is 1.00. The minimum atomic E-state index is -0.427. The number of piperidine rings is 1. The maximum Gasteiger partial charge on any atom is 0.0673 e. The Balaban J connectivity index is 2.27. The highest BCUT2D eigenvalue weighted by Gasteiger charge is 2.32. The third-order valence-electron chi connectivity index (χ3n) is 3.45. The summed E-state index contributed by atoms with van der Waals surface area (Å²) in [5.41, 5.74) is -0.427. The van der Waals surface area contributed by atoms with Gasteiger partial charge < -0.3 is 14.7 Å². The second-order valence-electron chi connectivity index (χ2n) is 4.95. The first-order valence-electron chi connectivity index (χ1n) is 6.03. The SMILES string of the molecule is COCCCC1(O)CCN(C(C)C)CC1. The average molecular weight is 215 g/mol. The lowest BCUT2D eigenvalue weighted by Crippen LogP contribution is -2.46. The third kappa shape index (κ3) is 4.09. The Kier molecular flexibility index (Phi) is 5.03. The molecule has 0 aliphatic carbocycles. The molecule has 1 heterocycles. The van der Waals surface area contributed by atoms with Crippen LogP contribution in [0.3, 0.4) is 0 Å². The standard InChI is InChI=1S/C12H25NO2/c1-11(2)13-8-6-12(14,7-9-13)5-4-10-15-3/h11,14H,4-10H2,1-3H3. The fourth-order valence-corrected chi connectivity index (χ4v) is 2.25. The third-order valence-corrected chi connectivity index (χ3v) is 3.45. The molecule has 1 aliphatic rings. The minimum absolute atomic E-state index is 0.427. The Hall–Kier alpha value is -0.120. The van der Waals surface area contributed by atoms with Gasteiger partial charge in [-0.15, -0.1) is 0 Å². The van der Waals surface area contributed by atoms with Crippen LogP contribution in [0, 0.1) is 0 Å². The van der Waals surface area contributed by atoms with E-state index in [0.717, 1.165) is 45.4 Å². The summed E-state index contributed by atoms with van der Waals surface area (Å²) in [5.74, 6) is 0. The van der Waals surface area contributed by atoms with Crippen LogP contribution in [-0.4, -0.2) is 48.5 Å². The van der Waals surface area contributed by atoms with E-state index in [9.17, 15) is 5.11 Å². The van der Waals surface area contributed by atoms with Crippen LogP contribution in [0.15, 0.2) is 0 Å². The van der Waals surface area contributed by atoms with Gasteiger partial charge in [-0.3, -0.25) is 0 Å². The predicted octanol–water partition coefficient (Wildman–Crippen LogP) is 1.65. The molecule has 0 bridgehead atoms. The van der Waals surface area contributed by atoms with Gasteiger partial charge in [0.1, 0.15) is 0 Å². The largest absolute Gasteiger partial charge is 0.390 e. The Bertz CT molecular complexity index is 174. The van der Waals surface area contributed by atoms with Crippen LogP contribution >= 0.6 is 0 Å². The lowest BCUT2D eigenvalue weighted by atomic mass is 9.87. The van der Waals surface area contributed by atoms with Crippen LogP contribution in [0.4, 0.5) is 0 Å². The molecule has 3 nitrogen and oxygen atoms in total. The van der Waals surface area contributed by atoms with Crippen molar-refractivity contribution in [3.05, 3.63) is 0 Å². The highest BCUT2D eigenvalue weighted by Crippen LogP contribution is 2.27. The molecule has 90 valence electrons. The van der Waals surface area contributed by atoms with Crippen molar-refractivity contribution in [1.29, 1.82) is 0 Å². The average Bonchev–Trinajstić information content (AvgIpc) is 2.18. The van der Waals surface area contributed by atoms with Gasteiger partial charge in [0.2, 0.25) is 0 Å². The molecule has 0 aromatic rings. The highest BCUT2D eigenvalue weighted by atomic mass is 16.5. The number of aliphatic hydroxyl groups is 1. The second kappa shape index (κ2) is 5.83. The number of nitrogens with zero attached hydrogens (tertiary/aromatic N) is 1. The molecule has 1 aliphatic heterocycles. The molecule has 3 heteroatoms. The molecule has 0 unspecified atom stereocenters. The molecule has 0 saturated carbocycles. The predicted molar refractivity (Wildman–Crippen MR) is 62.0 cm³/mol. The minimum Gasteiger partial charge on any atom is -0.390 e. The molecular weight excluding hydrogens is 190 g/mol. The number of ether oxygens (including phenoxy) is 1. The van der Waals surface area contributed by atoms with Crippen molar-refractivity contribution >= 4 is 0 Å². The second-order valence-corrected chi connectivity index (χ2v) is 4.95. The van der Waals surface area contributed by atoms with Crippen LogP contribution in [0.2, 0.25) is 0 Å². The van der Waals surface area contributed by atoms with E-state index in [2.05, 4.69) is 18.7 Å². The van der Waals surface area contributed by atoms with E-state index in [1.165, 1.54) is 0 Å². The van der Waals surface area contributed by atoms with Gasteiger partial charge in [-0.1, -0.05) is 0 Å². The van der Waals surface area contributed by atoms with Gasteiger partial charge in [-0.2, -0.15) is 0 Å². The van der Waals surface area contributed by atoms with E-state index in [1.807, 2.05) is 0 Å². The zero-order valence-electron chi connectivity index (χ0n) is 10.3. The molecule has 15 heavy (non-hydrogen) atoms. The molecule has 0 spiro atoms. The lowest BCUT2D eigenvalue weighted by Gasteiger charge is -2.40. The highest BCUT2D eigenvalue weighted by molar-refractivity contribution is 4.86. The maximum atomic E-state index is 10.3. The summed E-state index contributed by atoms with van der Waals surface area (Å²) < 4.78 is 5.02. The molecule has 0 amide bonds. The first-order chi connectivity index (χ1) is 7.07. The molecule has 0 radical (unpaired) electrons. The van der Waals surface area contributed by atoms with E-state index >= 15 is 0 Å². The number of methoxy groups -OCH3 is 1. The summed E-state index contributed by atoms with van der Waals surface area (Å²) in [7, 11) is 1.71. The van der Waals surface area contributed by atoms with Crippen molar-refractivity contribution in [2.75, 3.05) is 26.8 Å². The Labute approximate surface area is 93.4 Å². The molecular formula is C12H25NO2. The van der Waals surface area contributed by atoms with Crippen molar-refractivity contribution < 1.29 is 9.84 Å². The quantitative estimate of drug-likeness (QED) is 0.708. The van der Waals surface area contributed by atoms with Gasteiger partial charge in [-0.05, 0) is 39.5 Å². The number of likely N-dealkylation sites (tertiary alicyclic amines) is 1. The van der Waals surface area contributed by atoms with Gasteiger partial charge in [0, 0.05) is 32.8 Å². The summed E-state index contributed by atoms with van der Waals surface area (Å²) >= 11 is 0. The monoisotopic (exact) mass is 215 g/mol. The van der Waals surface area contributed by atoms with Gasteiger partial charge >= 0.3 is 0 Å². The van der Waals surface area contributed by atoms with Crippen molar-refractivity contribution in [3.63, 3.8) is 0 Å². The molecule has 1 N–H and O–H groups in total. The summed E-state index contributed by atoms with van der Waals surface area (Å²) in [6.45, 7) is 7.25. The van der Waals surface area contributed by atoms with Crippen molar-refractivity contribution in [1.82, 2.24) is 4.90 Å². The Morgan fingerprint density at radius 1 is 1.33 bits per heavy atom. The fourth-order valence-electron chi connectivity index (χ4n) is 2.25. The maximum absolute atomic E-state index is 10.3. The number of hydrogen-bond donors (Lipinski definition) is 1. The van der Waals surface area contributed by atoms with Crippen LogP contribution in [0.5, 0.6) is 0 Å². The van der Waals surface area contributed by atoms with Crippen LogP contribution in [0.25, 0.3) is 0 Å². The Morgan fingerprint density at radius 2 is 1.93 bits per heavy atom. The summed E-state index contributed by atoms with van der Waals surface area (Å²) in [6, 6.07) is 0.605. The lowest BCUT2D eigenvalue weighted by molar-refractivity contribution is -0.0382. The molecule has 0 aromatic carbocycles.